The summed E-state index contributed by atoms with van der Waals surface area (Å²) in [5.41, 5.74) is 1.31. The van der Waals surface area contributed by atoms with Crippen molar-refractivity contribution < 1.29 is 9.53 Å². The van der Waals surface area contributed by atoms with Crippen molar-refractivity contribution in [2.75, 3.05) is 26.7 Å². The van der Waals surface area contributed by atoms with E-state index in [1.54, 1.807) is 0 Å². The number of methoxy groups -OCH3 is 1. The number of benzene rings is 1. The lowest BCUT2D eigenvalue weighted by atomic mass is 10.0. The standard InChI is InChI=1S/C20H33N3O2.HI/c1-4-21-20(22-15-11-6-5-10-14-19(24)25-3)23-16-17(2)18-12-8-7-9-13-18;/h7-9,12-13,17H,4-6,10-11,14-16H2,1-3H3,(H2,21,22,23);1H. The second kappa shape index (κ2) is 15.9. The van der Waals surface area contributed by atoms with Crippen LogP contribution in [0.1, 0.15) is 57.4 Å². The zero-order valence-corrected chi connectivity index (χ0v) is 18.6. The predicted octanol–water partition coefficient (Wildman–Crippen LogP) is 4.09. The topological polar surface area (TPSA) is 62.7 Å². The molecule has 0 bridgehead atoms. The Morgan fingerprint density at radius 1 is 1.12 bits per heavy atom. The van der Waals surface area contributed by atoms with E-state index in [0.29, 0.717) is 12.3 Å². The first-order valence-electron chi connectivity index (χ1n) is 9.31. The van der Waals surface area contributed by atoms with Crippen LogP contribution in [0.2, 0.25) is 0 Å². The van der Waals surface area contributed by atoms with E-state index in [4.69, 9.17) is 4.99 Å². The number of carbonyl (C=O) groups is 1. The molecule has 0 saturated heterocycles. The fraction of sp³-hybridized carbons (Fsp3) is 0.600. The van der Waals surface area contributed by atoms with Gasteiger partial charge in [-0.2, -0.15) is 0 Å². The summed E-state index contributed by atoms with van der Waals surface area (Å²) in [5, 5.41) is 6.68. The number of nitrogens with zero attached hydrogens (tertiary/aromatic N) is 1. The van der Waals surface area contributed by atoms with E-state index in [9.17, 15) is 4.79 Å². The molecule has 0 fully saturated rings. The van der Waals surface area contributed by atoms with Gasteiger partial charge in [-0.05, 0) is 25.3 Å². The highest BCUT2D eigenvalue weighted by Crippen LogP contribution is 2.14. The number of hydrogen-bond donors (Lipinski definition) is 2. The lowest BCUT2D eigenvalue weighted by molar-refractivity contribution is -0.140. The summed E-state index contributed by atoms with van der Waals surface area (Å²) in [6, 6.07) is 10.5. The SMILES string of the molecule is CCNC(=NCC(C)c1ccccc1)NCCCCCCC(=O)OC.I. The van der Waals surface area contributed by atoms with Crippen LogP contribution in [0.5, 0.6) is 0 Å². The summed E-state index contributed by atoms with van der Waals surface area (Å²) in [7, 11) is 1.44. The molecule has 0 aliphatic carbocycles. The van der Waals surface area contributed by atoms with E-state index >= 15 is 0 Å². The molecule has 0 radical (unpaired) electrons. The molecule has 26 heavy (non-hydrogen) atoms. The van der Waals surface area contributed by atoms with Gasteiger partial charge in [0.1, 0.15) is 0 Å². The maximum atomic E-state index is 11.0. The molecule has 2 N–H and O–H groups in total. The first kappa shape index (κ1) is 24.7. The van der Waals surface area contributed by atoms with Gasteiger partial charge >= 0.3 is 5.97 Å². The third kappa shape index (κ3) is 11.3. The molecular weight excluding hydrogens is 441 g/mol. The van der Waals surface area contributed by atoms with E-state index in [1.165, 1.54) is 12.7 Å². The summed E-state index contributed by atoms with van der Waals surface area (Å²) in [6.07, 6.45) is 4.64. The van der Waals surface area contributed by atoms with Crippen LogP contribution in [0.4, 0.5) is 0 Å². The van der Waals surface area contributed by atoms with Crippen molar-refractivity contribution >= 4 is 35.9 Å². The van der Waals surface area contributed by atoms with Gasteiger partial charge < -0.3 is 15.4 Å². The number of guanidine groups is 1. The second-order valence-electron chi connectivity index (χ2n) is 6.20. The number of ether oxygens (including phenoxy) is 1. The molecule has 1 atom stereocenters. The van der Waals surface area contributed by atoms with Crippen LogP contribution in [-0.2, 0) is 9.53 Å². The molecular formula is C20H34IN3O2. The van der Waals surface area contributed by atoms with Crippen molar-refractivity contribution in [2.45, 2.75) is 51.9 Å². The summed E-state index contributed by atoms with van der Waals surface area (Å²) in [5.74, 6) is 1.15. The summed E-state index contributed by atoms with van der Waals surface area (Å²) < 4.78 is 4.64. The molecule has 1 unspecified atom stereocenters. The molecule has 0 saturated carbocycles. The largest absolute Gasteiger partial charge is 0.469 e. The molecule has 0 aliphatic heterocycles. The number of carbonyl (C=O) groups excluding carboxylic acids is 1. The Morgan fingerprint density at radius 3 is 2.46 bits per heavy atom. The van der Waals surface area contributed by atoms with Crippen molar-refractivity contribution in [1.82, 2.24) is 10.6 Å². The van der Waals surface area contributed by atoms with E-state index in [1.807, 2.05) is 6.07 Å². The van der Waals surface area contributed by atoms with E-state index in [2.05, 4.69) is 53.5 Å². The van der Waals surface area contributed by atoms with Crippen molar-refractivity contribution in [2.24, 2.45) is 4.99 Å². The number of unbranched alkanes of at least 4 members (excludes halogenated alkanes) is 3. The van der Waals surface area contributed by atoms with Crippen LogP contribution in [0.25, 0.3) is 0 Å². The molecule has 1 aromatic rings. The van der Waals surface area contributed by atoms with E-state index in [-0.39, 0.29) is 29.9 Å². The average Bonchev–Trinajstić information content (AvgIpc) is 2.65. The third-order valence-electron chi connectivity index (χ3n) is 4.06. The second-order valence-corrected chi connectivity index (χ2v) is 6.20. The fourth-order valence-corrected chi connectivity index (χ4v) is 2.51. The Kier molecular flexibility index (Phi) is 15.1. The Bertz CT molecular complexity index is 509. The van der Waals surface area contributed by atoms with Gasteiger partial charge in [0, 0.05) is 32.0 Å². The van der Waals surface area contributed by atoms with Gasteiger partial charge in [0.2, 0.25) is 0 Å². The monoisotopic (exact) mass is 475 g/mol. The predicted molar refractivity (Wildman–Crippen MR) is 119 cm³/mol. The summed E-state index contributed by atoms with van der Waals surface area (Å²) >= 11 is 0. The van der Waals surface area contributed by atoms with Crippen LogP contribution in [0.15, 0.2) is 35.3 Å². The maximum absolute atomic E-state index is 11.0. The fourth-order valence-electron chi connectivity index (χ4n) is 2.51. The number of hydrogen-bond acceptors (Lipinski definition) is 3. The molecule has 6 heteroatoms. The van der Waals surface area contributed by atoms with Gasteiger partial charge in [-0.1, -0.05) is 50.1 Å². The molecule has 0 heterocycles. The first-order valence-corrected chi connectivity index (χ1v) is 9.31. The van der Waals surface area contributed by atoms with Crippen LogP contribution in [0.3, 0.4) is 0 Å². The van der Waals surface area contributed by atoms with Gasteiger partial charge in [0.15, 0.2) is 5.96 Å². The van der Waals surface area contributed by atoms with Crippen LogP contribution >= 0.6 is 24.0 Å². The Labute approximate surface area is 175 Å². The molecule has 0 spiro atoms. The van der Waals surface area contributed by atoms with Crippen molar-refractivity contribution in [3.63, 3.8) is 0 Å². The number of nitrogens with one attached hydrogen (secondary N) is 2. The highest BCUT2D eigenvalue weighted by atomic mass is 127. The van der Waals surface area contributed by atoms with Gasteiger partial charge in [-0.15, -0.1) is 24.0 Å². The molecule has 148 valence electrons. The minimum absolute atomic E-state index is 0. The van der Waals surface area contributed by atoms with Crippen LogP contribution < -0.4 is 10.6 Å². The quantitative estimate of drug-likeness (QED) is 0.167. The molecule has 1 aromatic carbocycles. The van der Waals surface area contributed by atoms with Gasteiger partial charge in [0.25, 0.3) is 0 Å². The smallest absolute Gasteiger partial charge is 0.305 e. The van der Waals surface area contributed by atoms with Crippen LogP contribution in [0, 0.1) is 0 Å². The van der Waals surface area contributed by atoms with Crippen molar-refractivity contribution in [3.05, 3.63) is 35.9 Å². The Balaban J connectivity index is 0.00000625. The van der Waals surface area contributed by atoms with Gasteiger partial charge in [-0.3, -0.25) is 9.79 Å². The third-order valence-corrected chi connectivity index (χ3v) is 4.06. The highest BCUT2D eigenvalue weighted by molar-refractivity contribution is 14.0. The number of halogens is 1. The minimum Gasteiger partial charge on any atom is -0.469 e. The molecule has 0 amide bonds. The zero-order chi connectivity index (χ0) is 18.3. The maximum Gasteiger partial charge on any atom is 0.305 e. The molecule has 0 aliphatic rings. The van der Waals surface area contributed by atoms with Crippen molar-refractivity contribution in [1.29, 1.82) is 0 Å². The Hall–Kier alpha value is -1.31. The van der Waals surface area contributed by atoms with Gasteiger partial charge in [0.05, 0.1) is 7.11 Å². The zero-order valence-electron chi connectivity index (χ0n) is 16.3. The van der Waals surface area contributed by atoms with Crippen molar-refractivity contribution in [3.8, 4) is 0 Å². The first-order chi connectivity index (χ1) is 12.2. The summed E-state index contributed by atoms with van der Waals surface area (Å²) in [4.78, 5) is 15.7. The Morgan fingerprint density at radius 2 is 1.81 bits per heavy atom. The number of esters is 1. The number of rotatable bonds is 11. The van der Waals surface area contributed by atoms with E-state index < -0.39 is 0 Å². The average molecular weight is 475 g/mol. The lowest BCUT2D eigenvalue weighted by Gasteiger charge is -2.13. The van der Waals surface area contributed by atoms with E-state index in [0.717, 1.165) is 51.3 Å². The highest BCUT2D eigenvalue weighted by Gasteiger charge is 2.05. The molecule has 0 aromatic heterocycles. The number of aliphatic imine (C=N–C) groups is 1. The lowest BCUT2D eigenvalue weighted by Crippen LogP contribution is -2.38. The normalized spacial score (nSPS) is 12.0. The summed E-state index contributed by atoms with van der Waals surface area (Å²) in [6.45, 7) is 6.78. The van der Waals surface area contributed by atoms with Gasteiger partial charge in [-0.25, -0.2) is 0 Å². The van der Waals surface area contributed by atoms with Crippen LogP contribution in [-0.4, -0.2) is 38.7 Å². The molecule has 1 rings (SSSR count). The minimum atomic E-state index is -0.118. The molecule has 5 nitrogen and oxygen atoms in total.